The van der Waals surface area contributed by atoms with E-state index in [2.05, 4.69) is 14.9 Å². The maximum absolute atomic E-state index is 12.8. The molecular weight excluding hydrogens is 268 g/mol. The van der Waals surface area contributed by atoms with Gasteiger partial charge in [0.25, 0.3) is 0 Å². The van der Waals surface area contributed by atoms with E-state index < -0.39 is 33.1 Å². The van der Waals surface area contributed by atoms with Crippen molar-refractivity contribution in [2.45, 2.75) is 18.2 Å². The number of aryl methyl sites for hydroxylation is 1. The highest BCUT2D eigenvalue weighted by Gasteiger charge is 2.35. The van der Waals surface area contributed by atoms with Gasteiger partial charge >= 0.3 is 6.36 Å². The molecule has 1 aromatic heterocycles. The summed E-state index contributed by atoms with van der Waals surface area (Å²) in [5, 5.41) is 4.69. The van der Waals surface area contributed by atoms with Gasteiger partial charge in [0.15, 0.2) is 0 Å². The van der Waals surface area contributed by atoms with E-state index in [4.69, 9.17) is 0 Å². The highest BCUT2D eigenvalue weighted by molar-refractivity contribution is 7.89. The third-order valence-corrected chi connectivity index (χ3v) is 2.66. The molecule has 0 saturated carbocycles. The molecule has 0 unspecified atom stereocenters. The molecule has 0 bridgehead atoms. The molecule has 17 heavy (non-hydrogen) atoms. The number of ether oxygens (including phenoxy) is 1. The standard InChI is InChI=1S/C7H6F4N2O3S/c1-3-2-4(8)13-6(16-7(9,10)11)5(3)17(12,14)15/h2H,1H3,(H2,12,14,15). The van der Waals surface area contributed by atoms with Crippen LogP contribution in [0.25, 0.3) is 0 Å². The minimum absolute atomic E-state index is 0.334. The van der Waals surface area contributed by atoms with E-state index in [1.807, 2.05) is 0 Å². The van der Waals surface area contributed by atoms with Crippen LogP contribution in [0.4, 0.5) is 17.6 Å². The van der Waals surface area contributed by atoms with Crippen LogP contribution in [0.15, 0.2) is 11.0 Å². The zero-order chi connectivity index (χ0) is 13.4. The Bertz CT molecular complexity index is 541. The Morgan fingerprint density at radius 2 is 1.94 bits per heavy atom. The zero-order valence-corrected chi connectivity index (χ0v) is 9.06. The van der Waals surface area contributed by atoms with Crippen LogP contribution in [0.5, 0.6) is 5.88 Å². The van der Waals surface area contributed by atoms with Crippen LogP contribution in [-0.4, -0.2) is 19.8 Å². The Labute approximate surface area is 93.3 Å². The number of hydrogen-bond donors (Lipinski definition) is 1. The van der Waals surface area contributed by atoms with E-state index in [-0.39, 0.29) is 5.56 Å². The summed E-state index contributed by atoms with van der Waals surface area (Å²) in [7, 11) is -4.51. The Morgan fingerprint density at radius 3 is 2.35 bits per heavy atom. The molecule has 0 aliphatic carbocycles. The predicted octanol–water partition coefficient (Wildman–Crippen LogP) is 1.08. The summed E-state index contributed by atoms with van der Waals surface area (Å²) in [5.41, 5.74) is -0.334. The van der Waals surface area contributed by atoms with E-state index in [0.717, 1.165) is 6.92 Å². The number of alkyl halides is 3. The first-order valence-corrected chi connectivity index (χ1v) is 5.51. The molecule has 0 aliphatic rings. The number of sulfonamides is 1. The van der Waals surface area contributed by atoms with Gasteiger partial charge in [-0.2, -0.15) is 9.37 Å². The van der Waals surface area contributed by atoms with Gasteiger partial charge < -0.3 is 4.74 Å². The van der Waals surface area contributed by atoms with Crippen molar-refractivity contribution in [2.24, 2.45) is 5.14 Å². The summed E-state index contributed by atoms with van der Waals surface area (Å²) in [6, 6.07) is 0.628. The van der Waals surface area contributed by atoms with Gasteiger partial charge in [-0.15, -0.1) is 13.2 Å². The lowest BCUT2D eigenvalue weighted by Gasteiger charge is -2.12. The Kier molecular flexibility index (Phi) is 3.30. The second kappa shape index (κ2) is 4.11. The first-order chi connectivity index (χ1) is 7.50. The first-order valence-electron chi connectivity index (χ1n) is 3.96. The highest BCUT2D eigenvalue weighted by atomic mass is 32.2. The maximum atomic E-state index is 12.8. The molecule has 0 aromatic carbocycles. The molecule has 1 rings (SSSR count). The number of pyridine rings is 1. The van der Waals surface area contributed by atoms with Crippen molar-refractivity contribution >= 4 is 10.0 Å². The van der Waals surface area contributed by atoms with Gasteiger partial charge in [0.2, 0.25) is 21.9 Å². The van der Waals surface area contributed by atoms with Gasteiger partial charge in [-0.3, -0.25) is 0 Å². The average molecular weight is 274 g/mol. The van der Waals surface area contributed by atoms with Crippen molar-refractivity contribution < 1.29 is 30.7 Å². The quantitative estimate of drug-likeness (QED) is 0.646. The van der Waals surface area contributed by atoms with E-state index in [0.29, 0.717) is 6.07 Å². The van der Waals surface area contributed by atoms with Crippen molar-refractivity contribution in [1.82, 2.24) is 4.98 Å². The molecule has 0 radical (unpaired) electrons. The van der Waals surface area contributed by atoms with Gasteiger partial charge in [0.1, 0.15) is 4.90 Å². The largest absolute Gasteiger partial charge is 0.574 e. The van der Waals surface area contributed by atoms with Crippen LogP contribution < -0.4 is 9.88 Å². The molecule has 0 fully saturated rings. The van der Waals surface area contributed by atoms with Crippen molar-refractivity contribution in [3.05, 3.63) is 17.6 Å². The first kappa shape index (κ1) is 13.6. The van der Waals surface area contributed by atoms with Gasteiger partial charge in [-0.05, 0) is 18.6 Å². The normalized spacial score (nSPS) is 12.6. The zero-order valence-electron chi connectivity index (χ0n) is 8.25. The summed E-state index contributed by atoms with van der Waals surface area (Å²) >= 11 is 0. The smallest absolute Gasteiger partial charge is 0.386 e. The van der Waals surface area contributed by atoms with Crippen LogP contribution in [0.3, 0.4) is 0 Å². The van der Waals surface area contributed by atoms with Crippen molar-refractivity contribution in [3.63, 3.8) is 0 Å². The molecule has 0 spiro atoms. The number of primary sulfonamides is 1. The minimum atomic E-state index is -5.20. The number of rotatable bonds is 2. The topological polar surface area (TPSA) is 82.3 Å². The second-order valence-corrected chi connectivity index (χ2v) is 4.49. The molecule has 5 nitrogen and oxygen atoms in total. The summed E-state index contributed by atoms with van der Waals surface area (Å²) in [6.07, 6.45) is -5.20. The second-order valence-electron chi connectivity index (χ2n) is 2.99. The Morgan fingerprint density at radius 1 is 1.41 bits per heavy atom. The number of nitrogens with zero attached hydrogens (tertiary/aromatic N) is 1. The summed E-state index contributed by atoms with van der Waals surface area (Å²) in [6.45, 7) is 1.06. The van der Waals surface area contributed by atoms with E-state index in [1.54, 1.807) is 0 Å². The van der Waals surface area contributed by atoms with E-state index in [9.17, 15) is 26.0 Å². The number of nitrogens with two attached hydrogens (primary N) is 1. The van der Waals surface area contributed by atoms with Crippen molar-refractivity contribution in [1.29, 1.82) is 0 Å². The van der Waals surface area contributed by atoms with Crippen molar-refractivity contribution in [2.75, 3.05) is 0 Å². The Balaban J connectivity index is 3.47. The number of aromatic nitrogens is 1. The molecule has 0 amide bonds. The molecule has 1 heterocycles. The Hall–Kier alpha value is -1.42. The summed E-state index contributed by atoms with van der Waals surface area (Å²) in [5.74, 6) is -2.74. The predicted molar refractivity (Wildman–Crippen MR) is 47.0 cm³/mol. The maximum Gasteiger partial charge on any atom is 0.574 e. The lowest BCUT2D eigenvalue weighted by atomic mass is 10.3. The van der Waals surface area contributed by atoms with Gasteiger partial charge in [0.05, 0.1) is 0 Å². The minimum Gasteiger partial charge on any atom is -0.386 e. The molecule has 0 aliphatic heterocycles. The van der Waals surface area contributed by atoms with Gasteiger partial charge in [-0.1, -0.05) is 0 Å². The van der Waals surface area contributed by atoms with Crippen LogP contribution in [0.1, 0.15) is 5.56 Å². The average Bonchev–Trinajstić information content (AvgIpc) is 1.94. The van der Waals surface area contributed by atoms with Crippen LogP contribution in [0.2, 0.25) is 0 Å². The fraction of sp³-hybridized carbons (Fsp3) is 0.286. The van der Waals surface area contributed by atoms with Crippen LogP contribution in [-0.2, 0) is 10.0 Å². The van der Waals surface area contributed by atoms with E-state index >= 15 is 0 Å². The summed E-state index contributed by atoms with van der Waals surface area (Å²) in [4.78, 5) is 1.71. The molecule has 96 valence electrons. The third kappa shape index (κ3) is 3.53. The SMILES string of the molecule is Cc1cc(F)nc(OC(F)(F)F)c1S(N)(=O)=O. The lowest BCUT2D eigenvalue weighted by molar-refractivity contribution is -0.277. The monoisotopic (exact) mass is 274 g/mol. The highest BCUT2D eigenvalue weighted by Crippen LogP contribution is 2.29. The van der Waals surface area contributed by atoms with Crippen molar-refractivity contribution in [3.8, 4) is 5.88 Å². The number of hydrogen-bond acceptors (Lipinski definition) is 4. The molecule has 2 N–H and O–H groups in total. The molecule has 10 heteroatoms. The van der Waals surface area contributed by atoms with Crippen LogP contribution in [0, 0.1) is 12.9 Å². The van der Waals surface area contributed by atoms with E-state index in [1.165, 1.54) is 0 Å². The molecule has 0 atom stereocenters. The van der Waals surface area contributed by atoms with Gasteiger partial charge in [0, 0.05) is 0 Å². The van der Waals surface area contributed by atoms with Gasteiger partial charge in [-0.25, -0.2) is 13.6 Å². The fourth-order valence-electron chi connectivity index (χ4n) is 1.12. The lowest BCUT2D eigenvalue weighted by Crippen LogP contribution is -2.23. The van der Waals surface area contributed by atoms with Crippen LogP contribution >= 0.6 is 0 Å². The fourth-order valence-corrected chi connectivity index (χ4v) is 1.96. The molecule has 1 aromatic rings. The molecule has 0 saturated heterocycles. The molecular formula is C7H6F4N2O3S. The third-order valence-electron chi connectivity index (χ3n) is 1.59. The summed E-state index contributed by atoms with van der Waals surface area (Å²) < 4.78 is 74.0. The number of halogens is 4.